The van der Waals surface area contributed by atoms with Crippen LogP contribution in [0.25, 0.3) is 0 Å². The molecule has 1 aromatic rings. The molecule has 0 amide bonds. The van der Waals surface area contributed by atoms with Crippen LogP contribution in [0.4, 0.5) is 0 Å². The van der Waals surface area contributed by atoms with Crippen molar-refractivity contribution in [1.29, 1.82) is 0 Å². The molecule has 0 saturated heterocycles. The molecule has 0 saturated carbocycles. The van der Waals surface area contributed by atoms with Crippen LogP contribution in [0.3, 0.4) is 0 Å². The van der Waals surface area contributed by atoms with Crippen molar-refractivity contribution in [2.75, 3.05) is 7.11 Å². The summed E-state index contributed by atoms with van der Waals surface area (Å²) in [4.78, 5) is 11.2. The summed E-state index contributed by atoms with van der Waals surface area (Å²) in [7, 11) is 1.28. The lowest BCUT2D eigenvalue weighted by Gasteiger charge is -2.22. The fraction of sp³-hybridized carbons (Fsp3) is 0.231. The quantitative estimate of drug-likeness (QED) is 0.619. The Morgan fingerprint density at radius 1 is 1.56 bits per heavy atom. The van der Waals surface area contributed by atoms with Crippen LogP contribution in [-0.2, 0) is 15.1 Å². The lowest BCUT2D eigenvalue weighted by atomic mass is 9.90. The fourth-order valence-electron chi connectivity index (χ4n) is 1.42. The number of carbonyl (C=O) groups excluding carboxylic acids is 1. The van der Waals surface area contributed by atoms with E-state index in [0.717, 1.165) is 0 Å². The second-order valence-electron chi connectivity index (χ2n) is 3.39. The standard InChI is InChI=1S/C13H14O3/c1-3-9-13(15,10-12(14)16-2)11-7-5-4-6-8-11/h4-9,15H,1,10H2,2H3. The summed E-state index contributed by atoms with van der Waals surface area (Å²) in [5, 5.41) is 10.3. The van der Waals surface area contributed by atoms with E-state index in [1.165, 1.54) is 13.2 Å². The number of methoxy groups -OCH3 is 1. The first-order valence-corrected chi connectivity index (χ1v) is 4.84. The molecule has 0 aliphatic carbocycles. The van der Waals surface area contributed by atoms with Gasteiger partial charge in [0, 0.05) is 0 Å². The van der Waals surface area contributed by atoms with Crippen molar-refractivity contribution in [3.63, 3.8) is 0 Å². The molecule has 84 valence electrons. The molecule has 0 fully saturated rings. The predicted octanol–water partition coefficient (Wildman–Crippen LogP) is 1.78. The van der Waals surface area contributed by atoms with E-state index < -0.39 is 11.6 Å². The Kier molecular flexibility index (Phi) is 4.06. The lowest BCUT2D eigenvalue weighted by Crippen LogP contribution is -2.27. The molecule has 0 spiro atoms. The predicted molar refractivity (Wildman–Crippen MR) is 60.7 cm³/mol. The maximum Gasteiger partial charge on any atom is 0.309 e. The molecule has 1 rings (SSSR count). The maximum absolute atomic E-state index is 11.2. The molecular weight excluding hydrogens is 204 g/mol. The molecule has 0 bridgehead atoms. The van der Waals surface area contributed by atoms with Crippen molar-refractivity contribution in [3.8, 4) is 0 Å². The number of carbonyl (C=O) groups is 1. The smallest absolute Gasteiger partial charge is 0.309 e. The minimum Gasteiger partial charge on any atom is -0.469 e. The van der Waals surface area contributed by atoms with E-state index in [2.05, 4.69) is 17.0 Å². The number of benzene rings is 1. The minimum absolute atomic E-state index is 0.157. The summed E-state index contributed by atoms with van der Waals surface area (Å²) in [6.07, 6.45) is 1.20. The van der Waals surface area contributed by atoms with Crippen molar-refractivity contribution < 1.29 is 14.6 Å². The van der Waals surface area contributed by atoms with Gasteiger partial charge in [-0.2, -0.15) is 0 Å². The molecule has 0 heterocycles. The molecule has 3 nitrogen and oxygen atoms in total. The van der Waals surface area contributed by atoms with Gasteiger partial charge in [0.05, 0.1) is 13.5 Å². The van der Waals surface area contributed by atoms with Gasteiger partial charge in [-0.1, -0.05) is 36.9 Å². The Bertz CT molecular complexity index is 404. The summed E-state index contributed by atoms with van der Waals surface area (Å²) < 4.78 is 4.55. The van der Waals surface area contributed by atoms with Crippen LogP contribution in [0, 0.1) is 0 Å². The van der Waals surface area contributed by atoms with Crippen molar-refractivity contribution >= 4 is 5.97 Å². The van der Waals surface area contributed by atoms with E-state index in [1.807, 2.05) is 6.07 Å². The number of aliphatic hydroxyl groups is 1. The molecule has 1 N–H and O–H groups in total. The number of hydrogen-bond acceptors (Lipinski definition) is 3. The van der Waals surface area contributed by atoms with Crippen LogP contribution < -0.4 is 0 Å². The Balaban J connectivity index is 3.06. The van der Waals surface area contributed by atoms with Crippen LogP contribution in [0.5, 0.6) is 0 Å². The summed E-state index contributed by atoms with van der Waals surface area (Å²) in [5.41, 5.74) is 1.70. The average molecular weight is 218 g/mol. The van der Waals surface area contributed by atoms with Crippen LogP contribution in [0.15, 0.2) is 48.7 Å². The molecule has 0 aliphatic heterocycles. The Hall–Kier alpha value is -1.83. The first-order valence-electron chi connectivity index (χ1n) is 4.84. The van der Waals surface area contributed by atoms with E-state index in [-0.39, 0.29) is 6.42 Å². The topological polar surface area (TPSA) is 46.5 Å². The van der Waals surface area contributed by atoms with Crippen LogP contribution in [0.2, 0.25) is 0 Å². The number of esters is 1. The largest absolute Gasteiger partial charge is 0.469 e. The highest BCUT2D eigenvalue weighted by Gasteiger charge is 2.29. The van der Waals surface area contributed by atoms with Gasteiger partial charge in [-0.3, -0.25) is 4.79 Å². The van der Waals surface area contributed by atoms with Gasteiger partial charge in [-0.15, -0.1) is 5.73 Å². The van der Waals surface area contributed by atoms with Crippen LogP contribution in [0.1, 0.15) is 12.0 Å². The Morgan fingerprint density at radius 3 is 2.69 bits per heavy atom. The Morgan fingerprint density at radius 2 is 2.19 bits per heavy atom. The fourth-order valence-corrected chi connectivity index (χ4v) is 1.42. The van der Waals surface area contributed by atoms with Gasteiger partial charge in [0.15, 0.2) is 0 Å². The normalized spacial score (nSPS) is 13.4. The van der Waals surface area contributed by atoms with Crippen molar-refractivity contribution in [2.24, 2.45) is 0 Å². The third-order valence-electron chi connectivity index (χ3n) is 2.26. The zero-order chi connectivity index (χ0) is 12.0. The van der Waals surface area contributed by atoms with Crippen LogP contribution >= 0.6 is 0 Å². The summed E-state index contributed by atoms with van der Waals surface area (Å²) in [6.45, 7) is 3.41. The van der Waals surface area contributed by atoms with Gasteiger partial charge in [0.25, 0.3) is 0 Å². The molecular formula is C13H14O3. The molecule has 16 heavy (non-hydrogen) atoms. The first kappa shape index (κ1) is 12.2. The summed E-state index contributed by atoms with van der Waals surface area (Å²) in [5.74, 6) is -0.488. The highest BCUT2D eigenvalue weighted by Crippen LogP contribution is 2.26. The van der Waals surface area contributed by atoms with E-state index in [9.17, 15) is 9.90 Å². The van der Waals surface area contributed by atoms with E-state index >= 15 is 0 Å². The zero-order valence-corrected chi connectivity index (χ0v) is 9.14. The van der Waals surface area contributed by atoms with Gasteiger partial charge < -0.3 is 9.84 Å². The van der Waals surface area contributed by atoms with Gasteiger partial charge in [0.1, 0.15) is 5.60 Å². The number of rotatable bonds is 4. The van der Waals surface area contributed by atoms with Crippen molar-refractivity contribution in [3.05, 3.63) is 54.3 Å². The van der Waals surface area contributed by atoms with Gasteiger partial charge in [-0.05, 0) is 11.6 Å². The third-order valence-corrected chi connectivity index (χ3v) is 2.26. The molecule has 0 aliphatic rings. The second-order valence-corrected chi connectivity index (χ2v) is 3.39. The first-order chi connectivity index (χ1) is 7.62. The zero-order valence-electron chi connectivity index (χ0n) is 9.14. The molecule has 1 atom stereocenters. The monoisotopic (exact) mass is 218 g/mol. The van der Waals surface area contributed by atoms with Gasteiger partial charge in [0.2, 0.25) is 0 Å². The summed E-state index contributed by atoms with van der Waals surface area (Å²) in [6, 6.07) is 8.87. The SMILES string of the molecule is C=C=CC(O)(CC(=O)OC)c1ccccc1. The minimum atomic E-state index is -1.41. The van der Waals surface area contributed by atoms with Crippen LogP contribution in [-0.4, -0.2) is 18.2 Å². The Labute approximate surface area is 94.7 Å². The molecule has 3 heteroatoms. The van der Waals surface area contributed by atoms with E-state index in [4.69, 9.17) is 0 Å². The van der Waals surface area contributed by atoms with Gasteiger partial charge in [-0.25, -0.2) is 0 Å². The van der Waals surface area contributed by atoms with Gasteiger partial charge >= 0.3 is 5.97 Å². The van der Waals surface area contributed by atoms with E-state index in [1.54, 1.807) is 24.3 Å². The maximum atomic E-state index is 11.2. The lowest BCUT2D eigenvalue weighted by molar-refractivity contribution is -0.144. The molecule has 0 aromatic heterocycles. The average Bonchev–Trinajstić information content (AvgIpc) is 2.30. The van der Waals surface area contributed by atoms with Crippen molar-refractivity contribution in [2.45, 2.75) is 12.0 Å². The molecule has 1 aromatic carbocycles. The highest BCUT2D eigenvalue weighted by atomic mass is 16.5. The molecule has 1 unspecified atom stereocenters. The summed E-state index contributed by atoms with van der Waals surface area (Å²) >= 11 is 0. The van der Waals surface area contributed by atoms with E-state index in [0.29, 0.717) is 5.56 Å². The molecule has 0 radical (unpaired) electrons. The second kappa shape index (κ2) is 5.31. The number of hydrogen-bond donors (Lipinski definition) is 1. The number of ether oxygens (including phenoxy) is 1. The highest BCUT2D eigenvalue weighted by molar-refractivity contribution is 5.71. The third kappa shape index (κ3) is 2.83. The van der Waals surface area contributed by atoms with Crippen molar-refractivity contribution in [1.82, 2.24) is 0 Å².